The Kier molecular flexibility index (Phi) is 9.28. The topological polar surface area (TPSA) is 93.5 Å². The largest absolute Gasteiger partial charge is 0.497 e. The highest BCUT2D eigenvalue weighted by atomic mass is 19.1. The molecule has 198 valence electrons. The molecule has 0 unspecified atom stereocenters. The Morgan fingerprint density at radius 1 is 1.18 bits per heavy atom. The molecule has 0 bridgehead atoms. The van der Waals surface area contributed by atoms with Gasteiger partial charge in [-0.3, -0.25) is 4.79 Å². The van der Waals surface area contributed by atoms with Crippen molar-refractivity contribution in [2.75, 3.05) is 20.3 Å². The number of nitrogens with one attached hydrogen (secondary N) is 1. The smallest absolute Gasteiger partial charge is 0.306 e. The maximum Gasteiger partial charge on any atom is 0.306 e. The summed E-state index contributed by atoms with van der Waals surface area (Å²) >= 11 is 0. The van der Waals surface area contributed by atoms with Gasteiger partial charge in [0.25, 0.3) is 0 Å². The first-order valence-corrected chi connectivity index (χ1v) is 12.9. The van der Waals surface area contributed by atoms with Crippen LogP contribution in [-0.4, -0.2) is 31.2 Å². The molecule has 0 spiro atoms. The molecule has 0 fully saturated rings. The molecular weight excluding hydrogens is 485 g/mol. The van der Waals surface area contributed by atoms with E-state index in [0.29, 0.717) is 31.0 Å². The Hall–Kier alpha value is -3.96. The first-order chi connectivity index (χ1) is 18.5. The standard InChI is InChI=1S/C30H32FN3O4/c1-3-5-29(35)38-28-13-8-21-16-24(11-12-25(21)28)37-15-4-14-33-19-27-26(31)17-22(18-32)30(34-27)20-6-9-23(36-2)10-7-20/h6-7,9-12,16-17,28,33H,3-5,8,13-15,19H2,1-2H3/t28-/m0/s1. The highest BCUT2D eigenvalue weighted by Crippen LogP contribution is 2.36. The van der Waals surface area contributed by atoms with Crippen molar-refractivity contribution >= 4 is 5.97 Å². The zero-order chi connectivity index (χ0) is 26.9. The lowest BCUT2D eigenvalue weighted by Crippen LogP contribution is -2.19. The quantitative estimate of drug-likeness (QED) is 0.245. The van der Waals surface area contributed by atoms with Crippen LogP contribution in [0.3, 0.4) is 0 Å². The summed E-state index contributed by atoms with van der Waals surface area (Å²) in [5, 5.41) is 12.7. The van der Waals surface area contributed by atoms with Gasteiger partial charge in [0.15, 0.2) is 0 Å². The van der Waals surface area contributed by atoms with Gasteiger partial charge in [-0.15, -0.1) is 0 Å². The highest BCUT2D eigenvalue weighted by Gasteiger charge is 2.26. The van der Waals surface area contributed by atoms with Crippen molar-refractivity contribution in [3.05, 3.63) is 76.7 Å². The summed E-state index contributed by atoms with van der Waals surface area (Å²) in [5.74, 6) is 0.814. The number of pyridine rings is 1. The lowest BCUT2D eigenvalue weighted by molar-refractivity contribution is -0.149. The maximum atomic E-state index is 14.6. The number of benzene rings is 2. The van der Waals surface area contributed by atoms with Crippen LogP contribution in [0.15, 0.2) is 48.5 Å². The number of carbonyl (C=O) groups is 1. The average Bonchev–Trinajstić information content (AvgIpc) is 3.32. The summed E-state index contributed by atoms with van der Waals surface area (Å²) in [4.78, 5) is 16.3. The van der Waals surface area contributed by atoms with Gasteiger partial charge < -0.3 is 19.5 Å². The predicted molar refractivity (Wildman–Crippen MR) is 141 cm³/mol. The van der Waals surface area contributed by atoms with E-state index in [9.17, 15) is 14.4 Å². The number of hydrogen-bond donors (Lipinski definition) is 1. The van der Waals surface area contributed by atoms with E-state index in [1.54, 1.807) is 31.4 Å². The number of aryl methyl sites for hydroxylation is 1. The molecule has 38 heavy (non-hydrogen) atoms. The summed E-state index contributed by atoms with van der Waals surface area (Å²) in [6.07, 6.45) is 3.45. The summed E-state index contributed by atoms with van der Waals surface area (Å²) in [7, 11) is 1.58. The van der Waals surface area contributed by atoms with Gasteiger partial charge in [-0.05, 0) is 85.8 Å². The van der Waals surface area contributed by atoms with Crippen LogP contribution in [0, 0.1) is 17.1 Å². The van der Waals surface area contributed by atoms with Crippen LogP contribution < -0.4 is 14.8 Å². The number of halogens is 1. The fourth-order valence-electron chi connectivity index (χ4n) is 4.49. The van der Waals surface area contributed by atoms with Crippen molar-refractivity contribution in [1.82, 2.24) is 10.3 Å². The zero-order valence-corrected chi connectivity index (χ0v) is 21.8. The van der Waals surface area contributed by atoms with E-state index in [2.05, 4.69) is 10.3 Å². The fourth-order valence-corrected chi connectivity index (χ4v) is 4.49. The first kappa shape index (κ1) is 27.1. The molecule has 1 heterocycles. The minimum atomic E-state index is -0.514. The zero-order valence-electron chi connectivity index (χ0n) is 21.8. The van der Waals surface area contributed by atoms with Crippen molar-refractivity contribution in [3.8, 4) is 28.8 Å². The van der Waals surface area contributed by atoms with E-state index in [1.807, 2.05) is 31.2 Å². The van der Waals surface area contributed by atoms with Crippen molar-refractivity contribution < 1.29 is 23.4 Å². The Morgan fingerprint density at radius 2 is 1.97 bits per heavy atom. The molecule has 7 nitrogen and oxygen atoms in total. The van der Waals surface area contributed by atoms with Gasteiger partial charge >= 0.3 is 5.97 Å². The number of carbonyl (C=O) groups excluding carboxylic acids is 1. The molecule has 0 aliphatic heterocycles. The van der Waals surface area contributed by atoms with Crippen LogP contribution in [0.1, 0.15) is 61.1 Å². The SMILES string of the molecule is CCCC(=O)O[C@H]1CCc2cc(OCCCNCc3nc(-c4ccc(OC)cc4)c(C#N)cc3F)ccc21. The molecule has 1 aromatic heterocycles. The first-order valence-electron chi connectivity index (χ1n) is 12.9. The summed E-state index contributed by atoms with van der Waals surface area (Å²) in [5.41, 5.74) is 3.82. The lowest BCUT2D eigenvalue weighted by atomic mass is 10.1. The minimum absolute atomic E-state index is 0.147. The van der Waals surface area contributed by atoms with Gasteiger partial charge in [0.1, 0.15) is 29.5 Å². The van der Waals surface area contributed by atoms with Crippen LogP contribution in [0.4, 0.5) is 4.39 Å². The van der Waals surface area contributed by atoms with Crippen LogP contribution in [0.25, 0.3) is 11.3 Å². The molecule has 4 rings (SSSR count). The fraction of sp³-hybridized carbons (Fsp3) is 0.367. The number of fused-ring (bicyclic) bond motifs is 1. The van der Waals surface area contributed by atoms with Crippen molar-refractivity contribution in [2.24, 2.45) is 0 Å². The van der Waals surface area contributed by atoms with E-state index in [0.717, 1.165) is 48.1 Å². The van der Waals surface area contributed by atoms with Crippen molar-refractivity contribution in [3.63, 3.8) is 0 Å². The number of esters is 1. The highest BCUT2D eigenvalue weighted by molar-refractivity contribution is 5.70. The molecular formula is C30H32FN3O4. The molecule has 1 aliphatic carbocycles. The number of rotatable bonds is 12. The Balaban J connectivity index is 1.26. The molecule has 1 N–H and O–H groups in total. The molecule has 0 amide bonds. The second-order valence-electron chi connectivity index (χ2n) is 9.16. The molecule has 2 aromatic carbocycles. The summed E-state index contributed by atoms with van der Waals surface area (Å²) < 4.78 is 31.3. The molecule has 0 saturated carbocycles. The molecule has 3 aromatic rings. The number of aromatic nitrogens is 1. The third-order valence-corrected chi connectivity index (χ3v) is 6.46. The second kappa shape index (κ2) is 13.0. The number of hydrogen-bond acceptors (Lipinski definition) is 7. The normalized spacial score (nSPS) is 14.0. The Labute approximate surface area is 222 Å². The van der Waals surface area contributed by atoms with Gasteiger partial charge in [-0.25, -0.2) is 9.37 Å². The van der Waals surface area contributed by atoms with Crippen LogP contribution >= 0.6 is 0 Å². The Morgan fingerprint density at radius 3 is 2.71 bits per heavy atom. The van der Waals surface area contributed by atoms with Crippen molar-refractivity contribution in [2.45, 2.75) is 51.7 Å². The number of nitrogens with zero attached hydrogens (tertiary/aromatic N) is 2. The van der Waals surface area contributed by atoms with E-state index < -0.39 is 5.82 Å². The average molecular weight is 518 g/mol. The van der Waals surface area contributed by atoms with E-state index in [1.165, 1.54) is 6.07 Å². The summed E-state index contributed by atoms with van der Waals surface area (Å²) in [6, 6.07) is 16.3. The molecule has 8 heteroatoms. The maximum absolute atomic E-state index is 14.6. The van der Waals surface area contributed by atoms with Gasteiger partial charge in [-0.2, -0.15) is 5.26 Å². The van der Waals surface area contributed by atoms with E-state index in [-0.39, 0.29) is 29.9 Å². The van der Waals surface area contributed by atoms with Gasteiger partial charge in [0.05, 0.1) is 30.7 Å². The second-order valence-corrected chi connectivity index (χ2v) is 9.16. The third-order valence-electron chi connectivity index (χ3n) is 6.46. The molecule has 0 saturated heterocycles. The third kappa shape index (κ3) is 6.67. The summed E-state index contributed by atoms with van der Waals surface area (Å²) in [6.45, 7) is 3.31. The number of ether oxygens (including phenoxy) is 3. The molecule has 1 atom stereocenters. The van der Waals surface area contributed by atoms with E-state index >= 15 is 0 Å². The molecule has 1 aliphatic rings. The number of methoxy groups -OCH3 is 1. The van der Waals surface area contributed by atoms with Crippen LogP contribution in [0.2, 0.25) is 0 Å². The van der Waals surface area contributed by atoms with Crippen LogP contribution in [0.5, 0.6) is 11.5 Å². The number of nitriles is 1. The minimum Gasteiger partial charge on any atom is -0.497 e. The van der Waals surface area contributed by atoms with Gasteiger partial charge in [-0.1, -0.05) is 13.0 Å². The lowest BCUT2D eigenvalue weighted by Gasteiger charge is -2.14. The molecule has 0 radical (unpaired) electrons. The monoisotopic (exact) mass is 517 g/mol. The Bertz CT molecular complexity index is 1300. The predicted octanol–water partition coefficient (Wildman–Crippen LogP) is 5.66. The van der Waals surface area contributed by atoms with Crippen LogP contribution in [-0.2, 0) is 22.5 Å². The van der Waals surface area contributed by atoms with Crippen molar-refractivity contribution in [1.29, 1.82) is 5.26 Å². The van der Waals surface area contributed by atoms with Gasteiger partial charge in [0, 0.05) is 18.5 Å². The van der Waals surface area contributed by atoms with E-state index in [4.69, 9.17) is 14.2 Å². The van der Waals surface area contributed by atoms with Gasteiger partial charge in [0.2, 0.25) is 0 Å².